The van der Waals surface area contributed by atoms with E-state index in [1.807, 2.05) is 0 Å². The van der Waals surface area contributed by atoms with Crippen LogP contribution in [-0.2, 0) is 4.79 Å². The van der Waals surface area contributed by atoms with Crippen molar-refractivity contribution in [1.82, 2.24) is 15.1 Å². The van der Waals surface area contributed by atoms with E-state index in [-0.39, 0.29) is 6.04 Å². The molecule has 1 aliphatic carbocycles. The molecular formula is C15H25N3O. The van der Waals surface area contributed by atoms with Crippen LogP contribution in [0.25, 0.3) is 0 Å². The summed E-state index contributed by atoms with van der Waals surface area (Å²) in [5, 5.41) is 3.43. The van der Waals surface area contributed by atoms with Gasteiger partial charge in [-0.05, 0) is 45.4 Å². The van der Waals surface area contributed by atoms with Crippen molar-refractivity contribution in [1.29, 1.82) is 0 Å². The average molecular weight is 263 g/mol. The maximum atomic E-state index is 12.7. The molecule has 4 heteroatoms. The summed E-state index contributed by atoms with van der Waals surface area (Å²) in [6.45, 7) is 6.70. The summed E-state index contributed by atoms with van der Waals surface area (Å²) in [6.07, 6.45) is 5.08. The molecular weight excluding hydrogens is 238 g/mol. The van der Waals surface area contributed by atoms with E-state index in [1.54, 1.807) is 0 Å². The minimum absolute atomic E-state index is 0.168. The first-order chi connectivity index (χ1) is 9.15. The first-order valence-corrected chi connectivity index (χ1v) is 7.97. The number of hydrogen-bond acceptors (Lipinski definition) is 3. The number of nitrogens with zero attached hydrogens (tertiary/aromatic N) is 2. The molecule has 106 valence electrons. The highest BCUT2D eigenvalue weighted by Crippen LogP contribution is 2.41. The van der Waals surface area contributed by atoms with E-state index in [2.05, 4.69) is 29.0 Å². The Balaban J connectivity index is 1.43. The molecule has 1 saturated carbocycles. The van der Waals surface area contributed by atoms with Gasteiger partial charge >= 0.3 is 0 Å². The molecule has 0 radical (unpaired) electrons. The van der Waals surface area contributed by atoms with Gasteiger partial charge in [0.05, 0.1) is 0 Å². The molecule has 19 heavy (non-hydrogen) atoms. The number of carbonyl (C=O) groups is 1. The summed E-state index contributed by atoms with van der Waals surface area (Å²) in [6, 6.07) is 2.27. The fourth-order valence-corrected chi connectivity index (χ4v) is 4.12. The maximum absolute atomic E-state index is 12.7. The Kier molecular flexibility index (Phi) is 2.68. The Morgan fingerprint density at radius 1 is 1.11 bits per heavy atom. The summed E-state index contributed by atoms with van der Waals surface area (Å²) in [4.78, 5) is 17.5. The van der Waals surface area contributed by atoms with E-state index in [9.17, 15) is 4.79 Å². The smallest absolute Gasteiger partial charge is 0.241 e. The number of amides is 1. The van der Waals surface area contributed by atoms with Gasteiger partial charge in [0, 0.05) is 37.3 Å². The minimum Gasteiger partial charge on any atom is -0.333 e. The van der Waals surface area contributed by atoms with Gasteiger partial charge in [-0.25, -0.2) is 0 Å². The summed E-state index contributed by atoms with van der Waals surface area (Å²) in [7, 11) is 0. The molecule has 3 saturated heterocycles. The molecule has 2 bridgehead atoms. The lowest BCUT2D eigenvalue weighted by atomic mass is 10.1. The number of nitrogens with one attached hydrogen (secondary N) is 1. The van der Waals surface area contributed by atoms with Crippen molar-refractivity contribution in [3.8, 4) is 0 Å². The van der Waals surface area contributed by atoms with Gasteiger partial charge in [-0.3, -0.25) is 15.0 Å². The zero-order chi connectivity index (χ0) is 13.1. The molecule has 0 aromatic carbocycles. The van der Waals surface area contributed by atoms with Crippen molar-refractivity contribution >= 4 is 5.91 Å². The highest BCUT2D eigenvalue weighted by atomic mass is 16.2. The Morgan fingerprint density at radius 2 is 1.74 bits per heavy atom. The Morgan fingerprint density at radius 3 is 2.26 bits per heavy atom. The molecule has 3 heterocycles. The van der Waals surface area contributed by atoms with E-state index in [0.29, 0.717) is 30.1 Å². The Bertz CT molecular complexity index is 379. The molecule has 4 rings (SSSR count). The van der Waals surface area contributed by atoms with Crippen LogP contribution in [0.2, 0.25) is 0 Å². The van der Waals surface area contributed by atoms with Gasteiger partial charge < -0.3 is 4.90 Å². The van der Waals surface area contributed by atoms with Crippen molar-refractivity contribution in [2.45, 2.75) is 69.7 Å². The minimum atomic E-state index is 0.168. The average Bonchev–Trinajstić information content (AvgIpc) is 3.26. The molecule has 0 spiro atoms. The summed E-state index contributed by atoms with van der Waals surface area (Å²) >= 11 is 0. The largest absolute Gasteiger partial charge is 0.333 e. The fraction of sp³-hybridized carbons (Fsp3) is 0.933. The van der Waals surface area contributed by atoms with E-state index in [0.717, 1.165) is 19.0 Å². The van der Waals surface area contributed by atoms with E-state index in [4.69, 9.17) is 0 Å². The van der Waals surface area contributed by atoms with Crippen LogP contribution in [0.4, 0.5) is 0 Å². The van der Waals surface area contributed by atoms with Crippen LogP contribution in [-0.4, -0.2) is 59.0 Å². The number of likely N-dealkylation sites (tertiary alicyclic amines) is 1. The lowest BCUT2D eigenvalue weighted by Crippen LogP contribution is -2.58. The molecule has 1 amide bonds. The van der Waals surface area contributed by atoms with Gasteiger partial charge in [-0.1, -0.05) is 0 Å². The van der Waals surface area contributed by atoms with Gasteiger partial charge in [0.15, 0.2) is 0 Å². The van der Waals surface area contributed by atoms with E-state index >= 15 is 0 Å². The van der Waals surface area contributed by atoms with Crippen molar-refractivity contribution in [2.24, 2.45) is 5.92 Å². The van der Waals surface area contributed by atoms with Crippen LogP contribution in [0.5, 0.6) is 0 Å². The SMILES string of the molecule is CC(C)N1CC2CC[C@H](C1)N2C(=O)[C@H]1N[C@H]1C1CC1. The second kappa shape index (κ2) is 4.19. The molecule has 4 aliphatic rings. The Labute approximate surface area is 115 Å². The monoisotopic (exact) mass is 263 g/mol. The molecule has 4 atom stereocenters. The second-order valence-corrected chi connectivity index (χ2v) is 7.19. The van der Waals surface area contributed by atoms with Crippen LogP contribution in [0.1, 0.15) is 39.5 Å². The van der Waals surface area contributed by atoms with Gasteiger partial charge in [0.1, 0.15) is 6.04 Å². The Hall–Kier alpha value is -0.610. The lowest BCUT2D eigenvalue weighted by Gasteiger charge is -2.42. The van der Waals surface area contributed by atoms with Crippen molar-refractivity contribution in [3.63, 3.8) is 0 Å². The van der Waals surface area contributed by atoms with Crippen LogP contribution >= 0.6 is 0 Å². The predicted molar refractivity (Wildman–Crippen MR) is 73.8 cm³/mol. The third-order valence-electron chi connectivity index (χ3n) is 5.51. The zero-order valence-corrected chi connectivity index (χ0v) is 12.0. The van der Waals surface area contributed by atoms with Crippen LogP contribution in [0.15, 0.2) is 0 Å². The summed E-state index contributed by atoms with van der Waals surface area (Å²) in [5.41, 5.74) is 0. The van der Waals surface area contributed by atoms with Gasteiger partial charge in [-0.2, -0.15) is 0 Å². The van der Waals surface area contributed by atoms with E-state index in [1.165, 1.54) is 25.7 Å². The third kappa shape index (κ3) is 2.00. The third-order valence-corrected chi connectivity index (χ3v) is 5.51. The summed E-state index contributed by atoms with van der Waals surface area (Å²) < 4.78 is 0. The van der Waals surface area contributed by atoms with Crippen molar-refractivity contribution < 1.29 is 4.79 Å². The first-order valence-electron chi connectivity index (χ1n) is 7.97. The van der Waals surface area contributed by atoms with Gasteiger partial charge in [0.25, 0.3) is 0 Å². The fourth-order valence-electron chi connectivity index (χ4n) is 4.12. The molecule has 4 nitrogen and oxygen atoms in total. The standard InChI is InChI=1S/C15H25N3O/c1-9(2)17-7-11-5-6-12(8-17)18(11)15(19)14-13(16-14)10-3-4-10/h9-14,16H,3-8H2,1-2H3/t11-,12?,13+,14+/m1/s1. The highest BCUT2D eigenvalue weighted by Gasteiger charge is 2.55. The number of piperazine rings is 1. The van der Waals surface area contributed by atoms with Crippen LogP contribution in [0, 0.1) is 5.92 Å². The van der Waals surface area contributed by atoms with Crippen LogP contribution in [0.3, 0.4) is 0 Å². The quantitative estimate of drug-likeness (QED) is 0.767. The van der Waals surface area contributed by atoms with Gasteiger partial charge in [-0.15, -0.1) is 0 Å². The predicted octanol–water partition coefficient (Wildman–Crippen LogP) is 0.820. The molecule has 1 unspecified atom stereocenters. The number of carbonyl (C=O) groups excluding carboxylic acids is 1. The second-order valence-electron chi connectivity index (χ2n) is 7.19. The molecule has 3 aliphatic heterocycles. The molecule has 4 fully saturated rings. The maximum Gasteiger partial charge on any atom is 0.241 e. The van der Waals surface area contributed by atoms with Crippen molar-refractivity contribution in [2.75, 3.05) is 13.1 Å². The van der Waals surface area contributed by atoms with E-state index < -0.39 is 0 Å². The molecule has 1 N–H and O–H groups in total. The number of hydrogen-bond donors (Lipinski definition) is 1. The molecule has 0 aromatic heterocycles. The molecule has 0 aromatic rings. The van der Waals surface area contributed by atoms with Crippen molar-refractivity contribution in [3.05, 3.63) is 0 Å². The number of rotatable bonds is 3. The summed E-state index contributed by atoms with van der Waals surface area (Å²) in [5.74, 6) is 1.22. The van der Waals surface area contributed by atoms with Gasteiger partial charge in [0.2, 0.25) is 5.91 Å². The van der Waals surface area contributed by atoms with Crippen LogP contribution < -0.4 is 5.32 Å². The first kappa shape index (κ1) is 12.2. The normalized spacial score (nSPS) is 41.9. The number of fused-ring (bicyclic) bond motifs is 2. The topological polar surface area (TPSA) is 45.5 Å². The lowest BCUT2D eigenvalue weighted by molar-refractivity contribution is -0.137. The zero-order valence-electron chi connectivity index (χ0n) is 12.0. The highest BCUT2D eigenvalue weighted by molar-refractivity contribution is 5.87.